The van der Waals surface area contributed by atoms with Crippen molar-refractivity contribution in [2.75, 3.05) is 17.1 Å². The third-order valence-electron chi connectivity index (χ3n) is 8.28. The predicted molar refractivity (Wildman–Crippen MR) is 169 cm³/mol. The van der Waals surface area contributed by atoms with E-state index in [0.717, 1.165) is 70.5 Å². The number of amides is 2. The fraction of sp³-hybridized carbons (Fsp3) is 0.412. The van der Waals surface area contributed by atoms with Crippen molar-refractivity contribution >= 4 is 27.5 Å². The lowest BCUT2D eigenvalue weighted by Crippen LogP contribution is -2.55. The molecule has 0 bridgehead atoms. The summed E-state index contributed by atoms with van der Waals surface area (Å²) in [6.45, 7) is 5.63. The summed E-state index contributed by atoms with van der Waals surface area (Å²) in [5.74, 6) is -0.633. The van der Waals surface area contributed by atoms with Crippen molar-refractivity contribution < 1.29 is 18.0 Å². The molecule has 4 rings (SSSR count). The zero-order chi connectivity index (χ0) is 30.3. The van der Waals surface area contributed by atoms with Crippen LogP contribution in [0.15, 0.2) is 72.8 Å². The van der Waals surface area contributed by atoms with Crippen molar-refractivity contribution in [1.82, 2.24) is 10.2 Å². The molecule has 1 saturated carbocycles. The number of aryl methyl sites for hydroxylation is 3. The molecular weight excluding hydrogens is 546 g/mol. The summed E-state index contributed by atoms with van der Waals surface area (Å²) >= 11 is 0. The SMILES string of the molecule is Cc1ccc(N(CC(=O)N(Cc2ccccc2C)[C@@H](Cc2ccccc2)C(=O)NC2CCCCC2)S(C)(=O)=O)cc1C. The molecule has 3 aromatic carbocycles. The van der Waals surface area contributed by atoms with Gasteiger partial charge in [-0.1, -0.05) is 79.9 Å². The third-order valence-corrected chi connectivity index (χ3v) is 9.42. The standard InChI is InChI=1S/C34H43N3O4S/c1-25-19-20-31(21-27(25)3)37(42(4,40)41)24-33(38)36(23-29-16-12-11-13-26(29)2)32(22-28-14-7-5-8-15-28)34(39)35-30-17-9-6-10-18-30/h5,7-8,11-16,19-21,30,32H,6,9-10,17-18,22-24H2,1-4H3,(H,35,39)/t32-/m0/s1. The van der Waals surface area contributed by atoms with Crippen LogP contribution in [0, 0.1) is 20.8 Å². The lowest BCUT2D eigenvalue weighted by Gasteiger charge is -2.35. The van der Waals surface area contributed by atoms with E-state index in [1.165, 1.54) is 0 Å². The number of nitrogens with one attached hydrogen (secondary N) is 1. The summed E-state index contributed by atoms with van der Waals surface area (Å²) in [4.78, 5) is 29.9. The first-order valence-corrected chi connectivity index (χ1v) is 16.6. The van der Waals surface area contributed by atoms with Crippen molar-refractivity contribution in [2.24, 2.45) is 0 Å². The summed E-state index contributed by atoms with van der Waals surface area (Å²) in [5.41, 5.74) is 5.22. The number of hydrogen-bond donors (Lipinski definition) is 1. The Morgan fingerprint density at radius 3 is 2.17 bits per heavy atom. The van der Waals surface area contributed by atoms with Gasteiger partial charge in [0.2, 0.25) is 21.8 Å². The molecule has 0 aliphatic heterocycles. The molecule has 1 aliphatic carbocycles. The van der Waals surface area contributed by atoms with Crippen LogP contribution in [-0.2, 0) is 32.6 Å². The van der Waals surface area contributed by atoms with E-state index in [1.54, 1.807) is 17.0 Å². The fourth-order valence-corrected chi connectivity index (χ4v) is 6.41. The minimum atomic E-state index is -3.80. The number of sulfonamides is 1. The van der Waals surface area contributed by atoms with E-state index in [9.17, 15) is 18.0 Å². The number of hydrogen-bond acceptors (Lipinski definition) is 4. The van der Waals surface area contributed by atoms with Crippen LogP contribution in [0.5, 0.6) is 0 Å². The average molecular weight is 590 g/mol. The van der Waals surface area contributed by atoms with Gasteiger partial charge in [-0.25, -0.2) is 8.42 Å². The second-order valence-electron chi connectivity index (χ2n) is 11.5. The summed E-state index contributed by atoms with van der Waals surface area (Å²) < 4.78 is 27.2. The predicted octanol–water partition coefficient (Wildman–Crippen LogP) is 5.47. The molecular formula is C34H43N3O4S. The first-order chi connectivity index (χ1) is 20.0. The van der Waals surface area contributed by atoms with E-state index in [-0.39, 0.29) is 18.5 Å². The Balaban J connectivity index is 1.74. The number of anilines is 1. The minimum Gasteiger partial charge on any atom is -0.352 e. The van der Waals surface area contributed by atoms with Crippen LogP contribution in [0.4, 0.5) is 5.69 Å². The van der Waals surface area contributed by atoms with Crippen LogP contribution < -0.4 is 9.62 Å². The van der Waals surface area contributed by atoms with Crippen LogP contribution in [-0.4, -0.2) is 50.0 Å². The molecule has 2 amide bonds. The van der Waals surface area contributed by atoms with Crippen LogP contribution in [0.25, 0.3) is 0 Å². The van der Waals surface area contributed by atoms with E-state index < -0.39 is 28.5 Å². The Kier molecular flexibility index (Phi) is 10.4. The fourth-order valence-electron chi connectivity index (χ4n) is 5.56. The Hall–Kier alpha value is -3.65. The molecule has 224 valence electrons. The zero-order valence-corrected chi connectivity index (χ0v) is 26.0. The maximum Gasteiger partial charge on any atom is 0.244 e. The van der Waals surface area contributed by atoms with Gasteiger partial charge in [0.1, 0.15) is 12.6 Å². The molecule has 3 aromatic rings. The van der Waals surface area contributed by atoms with Crippen molar-refractivity contribution in [2.45, 2.75) is 77.9 Å². The van der Waals surface area contributed by atoms with Crippen LogP contribution in [0.1, 0.15) is 59.9 Å². The molecule has 1 atom stereocenters. The second kappa shape index (κ2) is 14.0. The Bertz CT molecular complexity index is 1480. The quantitative estimate of drug-likeness (QED) is 0.322. The molecule has 1 aliphatic rings. The normalized spacial score (nSPS) is 14.7. The molecule has 0 aromatic heterocycles. The molecule has 1 fully saturated rings. The van der Waals surface area contributed by atoms with Crippen molar-refractivity contribution in [3.63, 3.8) is 0 Å². The van der Waals surface area contributed by atoms with Crippen LogP contribution in [0.3, 0.4) is 0 Å². The Labute approximate surface area is 251 Å². The molecule has 0 heterocycles. The van der Waals surface area contributed by atoms with Gasteiger partial charge >= 0.3 is 0 Å². The largest absolute Gasteiger partial charge is 0.352 e. The minimum absolute atomic E-state index is 0.0722. The van der Waals surface area contributed by atoms with E-state index >= 15 is 0 Å². The van der Waals surface area contributed by atoms with Gasteiger partial charge in [0.15, 0.2) is 0 Å². The molecule has 1 N–H and O–H groups in total. The van der Waals surface area contributed by atoms with Gasteiger partial charge in [-0.15, -0.1) is 0 Å². The summed E-state index contributed by atoms with van der Waals surface area (Å²) in [6, 6.07) is 22.1. The average Bonchev–Trinajstić information content (AvgIpc) is 2.96. The first kappa shape index (κ1) is 31.3. The smallest absolute Gasteiger partial charge is 0.244 e. The highest BCUT2D eigenvalue weighted by Crippen LogP contribution is 2.24. The number of carbonyl (C=O) groups excluding carboxylic acids is 2. The van der Waals surface area contributed by atoms with Gasteiger partial charge in [-0.2, -0.15) is 0 Å². The van der Waals surface area contributed by atoms with E-state index in [0.29, 0.717) is 12.1 Å². The lowest BCUT2D eigenvalue weighted by atomic mass is 9.94. The topological polar surface area (TPSA) is 86.8 Å². The molecule has 0 unspecified atom stereocenters. The number of rotatable bonds is 11. The summed E-state index contributed by atoms with van der Waals surface area (Å²) in [5, 5.41) is 3.24. The van der Waals surface area contributed by atoms with Crippen LogP contribution >= 0.6 is 0 Å². The highest BCUT2D eigenvalue weighted by Gasteiger charge is 2.34. The van der Waals surface area contributed by atoms with Crippen molar-refractivity contribution in [1.29, 1.82) is 0 Å². The third kappa shape index (κ3) is 8.22. The van der Waals surface area contributed by atoms with Gasteiger partial charge in [0.05, 0.1) is 11.9 Å². The second-order valence-corrected chi connectivity index (χ2v) is 13.4. The molecule has 42 heavy (non-hydrogen) atoms. The molecule has 0 spiro atoms. The van der Waals surface area contributed by atoms with Gasteiger partial charge < -0.3 is 10.2 Å². The van der Waals surface area contributed by atoms with Gasteiger partial charge in [0, 0.05) is 19.0 Å². The summed E-state index contributed by atoms with van der Waals surface area (Å²) in [6.07, 6.45) is 6.57. The van der Waals surface area contributed by atoms with Gasteiger partial charge in [-0.3, -0.25) is 13.9 Å². The molecule has 0 saturated heterocycles. The molecule has 8 heteroatoms. The highest BCUT2D eigenvalue weighted by atomic mass is 32.2. The number of benzene rings is 3. The van der Waals surface area contributed by atoms with E-state index in [2.05, 4.69) is 5.32 Å². The maximum absolute atomic E-state index is 14.3. The molecule has 0 radical (unpaired) electrons. The summed E-state index contributed by atoms with van der Waals surface area (Å²) in [7, 11) is -3.80. The molecule has 7 nitrogen and oxygen atoms in total. The van der Waals surface area contributed by atoms with Gasteiger partial charge in [-0.05, 0) is 73.6 Å². The lowest BCUT2D eigenvalue weighted by molar-refractivity contribution is -0.140. The number of carbonyl (C=O) groups is 2. The van der Waals surface area contributed by atoms with Gasteiger partial charge in [0.25, 0.3) is 0 Å². The van der Waals surface area contributed by atoms with E-state index in [1.807, 2.05) is 81.4 Å². The highest BCUT2D eigenvalue weighted by molar-refractivity contribution is 7.92. The number of nitrogens with zero attached hydrogens (tertiary/aromatic N) is 2. The van der Waals surface area contributed by atoms with Crippen LogP contribution in [0.2, 0.25) is 0 Å². The Morgan fingerprint density at radius 2 is 1.52 bits per heavy atom. The Morgan fingerprint density at radius 1 is 0.857 bits per heavy atom. The first-order valence-electron chi connectivity index (χ1n) is 14.8. The zero-order valence-electron chi connectivity index (χ0n) is 25.2. The maximum atomic E-state index is 14.3. The van der Waals surface area contributed by atoms with E-state index in [4.69, 9.17) is 0 Å². The van der Waals surface area contributed by atoms with Crippen molar-refractivity contribution in [3.05, 3.63) is 101 Å². The monoisotopic (exact) mass is 589 g/mol. The van der Waals surface area contributed by atoms with Crippen molar-refractivity contribution in [3.8, 4) is 0 Å².